The Balaban J connectivity index is 4.26. The van der Waals surface area contributed by atoms with Crippen LogP contribution in [0.2, 0.25) is 0 Å². The molecule has 1 unspecified atom stereocenters. The van der Waals surface area contributed by atoms with Gasteiger partial charge in [0.15, 0.2) is 0 Å². The lowest BCUT2D eigenvalue weighted by atomic mass is 9.95. The van der Waals surface area contributed by atoms with Crippen molar-refractivity contribution in [2.24, 2.45) is 11.8 Å². The highest BCUT2D eigenvalue weighted by atomic mass is 16.2. The fourth-order valence-electron chi connectivity index (χ4n) is 0.761. The van der Waals surface area contributed by atoms with Gasteiger partial charge in [0.25, 0.3) is 0 Å². The van der Waals surface area contributed by atoms with Crippen molar-refractivity contribution >= 4 is 5.91 Å². The highest BCUT2D eigenvalue weighted by Gasteiger charge is 2.22. The molecule has 0 bridgehead atoms. The molecule has 1 N–H and O–H groups in total. The van der Waals surface area contributed by atoms with E-state index in [0.29, 0.717) is 5.92 Å². The molecular weight excluding hydrogens is 162 g/mol. The normalized spacial score (nSPS) is 13.6. The van der Waals surface area contributed by atoms with Crippen LogP contribution in [0, 0.1) is 24.2 Å². The van der Waals surface area contributed by atoms with Gasteiger partial charge < -0.3 is 5.32 Å². The molecule has 0 fully saturated rings. The Labute approximate surface area is 81.1 Å². The first-order chi connectivity index (χ1) is 5.80. The monoisotopic (exact) mass is 181 g/mol. The van der Waals surface area contributed by atoms with Gasteiger partial charge in [-0.25, -0.2) is 0 Å². The second kappa shape index (κ2) is 4.32. The molecule has 0 radical (unpaired) electrons. The fraction of sp³-hybridized carbons (Fsp3) is 0.727. The first kappa shape index (κ1) is 12.0. The molecule has 0 aromatic rings. The van der Waals surface area contributed by atoms with Crippen LogP contribution in [0.1, 0.15) is 34.6 Å². The van der Waals surface area contributed by atoms with E-state index in [1.807, 2.05) is 34.6 Å². The van der Waals surface area contributed by atoms with Gasteiger partial charge in [-0.3, -0.25) is 4.79 Å². The van der Waals surface area contributed by atoms with Crippen molar-refractivity contribution in [3.63, 3.8) is 0 Å². The molecule has 0 aromatic carbocycles. The molecule has 0 aromatic heterocycles. The zero-order valence-corrected chi connectivity index (χ0v) is 9.14. The Hall–Kier alpha value is -0.970. The summed E-state index contributed by atoms with van der Waals surface area (Å²) >= 11 is 0. The average Bonchev–Trinajstić information content (AvgIpc) is 2.02. The predicted octanol–water partition coefficient (Wildman–Crippen LogP) is 1.81. The van der Waals surface area contributed by atoms with Gasteiger partial charge in [-0.1, -0.05) is 26.7 Å². The third kappa shape index (κ3) is 3.98. The molecule has 0 rings (SSSR count). The maximum absolute atomic E-state index is 11.6. The quantitative estimate of drug-likeness (QED) is 0.661. The smallest absolute Gasteiger partial charge is 0.224 e. The van der Waals surface area contributed by atoms with Crippen molar-refractivity contribution in [2.75, 3.05) is 0 Å². The first-order valence-electron chi connectivity index (χ1n) is 4.60. The number of hydrogen-bond donors (Lipinski definition) is 1. The van der Waals surface area contributed by atoms with E-state index in [4.69, 9.17) is 6.42 Å². The highest BCUT2D eigenvalue weighted by molar-refractivity contribution is 5.79. The van der Waals surface area contributed by atoms with E-state index in [1.54, 1.807) is 0 Å². The van der Waals surface area contributed by atoms with Crippen molar-refractivity contribution in [3.8, 4) is 12.3 Å². The lowest BCUT2D eigenvalue weighted by molar-refractivity contribution is -0.126. The molecule has 0 aliphatic carbocycles. The van der Waals surface area contributed by atoms with Gasteiger partial charge in [-0.05, 0) is 19.8 Å². The summed E-state index contributed by atoms with van der Waals surface area (Å²) in [7, 11) is 0. The Morgan fingerprint density at radius 3 is 2.15 bits per heavy atom. The number of hydrogen-bond acceptors (Lipinski definition) is 1. The van der Waals surface area contributed by atoms with E-state index >= 15 is 0 Å². The minimum absolute atomic E-state index is 0.00706. The summed E-state index contributed by atoms with van der Waals surface area (Å²) in [6.07, 6.45) is 5.27. The first-order valence-corrected chi connectivity index (χ1v) is 4.60. The molecule has 0 saturated carbocycles. The van der Waals surface area contributed by atoms with Crippen LogP contribution in [0.3, 0.4) is 0 Å². The summed E-state index contributed by atoms with van der Waals surface area (Å²) in [6, 6.07) is 0. The largest absolute Gasteiger partial charge is 0.340 e. The zero-order chi connectivity index (χ0) is 10.6. The van der Waals surface area contributed by atoms with E-state index in [0.717, 1.165) is 0 Å². The number of amides is 1. The highest BCUT2D eigenvalue weighted by Crippen LogP contribution is 2.11. The topological polar surface area (TPSA) is 29.1 Å². The fourth-order valence-corrected chi connectivity index (χ4v) is 0.761. The summed E-state index contributed by atoms with van der Waals surface area (Å²) in [5.74, 6) is 2.91. The molecule has 0 spiro atoms. The van der Waals surface area contributed by atoms with Crippen molar-refractivity contribution in [2.45, 2.75) is 40.2 Å². The standard InChI is InChI=1S/C11H19NO/c1-7-11(5,6)12-10(13)9(4)8(2)3/h1,8-9H,2-6H3,(H,12,13). The molecule has 1 atom stereocenters. The van der Waals surface area contributed by atoms with Crippen molar-refractivity contribution in [1.82, 2.24) is 5.32 Å². The minimum atomic E-state index is -0.541. The summed E-state index contributed by atoms with van der Waals surface area (Å²) in [5.41, 5.74) is -0.541. The number of rotatable bonds is 3. The Kier molecular flexibility index (Phi) is 4.00. The summed E-state index contributed by atoms with van der Waals surface area (Å²) in [4.78, 5) is 11.6. The van der Waals surface area contributed by atoms with Gasteiger partial charge in [0, 0.05) is 5.92 Å². The minimum Gasteiger partial charge on any atom is -0.340 e. The third-order valence-corrected chi connectivity index (χ3v) is 2.21. The van der Waals surface area contributed by atoms with E-state index in [9.17, 15) is 4.79 Å². The van der Waals surface area contributed by atoms with Crippen LogP contribution in [0.4, 0.5) is 0 Å². The molecule has 2 nitrogen and oxygen atoms in total. The van der Waals surface area contributed by atoms with Crippen LogP contribution in [0.15, 0.2) is 0 Å². The second-order valence-electron chi connectivity index (χ2n) is 4.29. The molecule has 74 valence electrons. The summed E-state index contributed by atoms with van der Waals surface area (Å²) in [6.45, 7) is 9.59. The van der Waals surface area contributed by atoms with Crippen LogP contribution in [-0.2, 0) is 4.79 Å². The second-order valence-corrected chi connectivity index (χ2v) is 4.29. The van der Waals surface area contributed by atoms with Crippen LogP contribution >= 0.6 is 0 Å². The SMILES string of the molecule is C#CC(C)(C)NC(=O)C(C)C(C)C. The Morgan fingerprint density at radius 1 is 1.38 bits per heavy atom. The third-order valence-electron chi connectivity index (χ3n) is 2.21. The summed E-state index contributed by atoms with van der Waals surface area (Å²) in [5, 5.41) is 2.81. The maximum Gasteiger partial charge on any atom is 0.224 e. The molecule has 0 aliphatic rings. The molecule has 13 heavy (non-hydrogen) atoms. The van der Waals surface area contributed by atoms with E-state index in [-0.39, 0.29) is 11.8 Å². The van der Waals surface area contributed by atoms with Gasteiger partial charge in [-0.15, -0.1) is 6.42 Å². The van der Waals surface area contributed by atoms with Crippen LogP contribution in [0.25, 0.3) is 0 Å². The molecule has 0 aliphatic heterocycles. The molecule has 0 heterocycles. The van der Waals surface area contributed by atoms with E-state index < -0.39 is 5.54 Å². The van der Waals surface area contributed by atoms with Crippen molar-refractivity contribution in [1.29, 1.82) is 0 Å². The number of terminal acetylenes is 1. The predicted molar refractivity (Wildman–Crippen MR) is 55.1 cm³/mol. The Morgan fingerprint density at radius 2 is 1.85 bits per heavy atom. The number of nitrogens with one attached hydrogen (secondary N) is 1. The lowest BCUT2D eigenvalue weighted by Gasteiger charge is -2.23. The van der Waals surface area contributed by atoms with E-state index in [1.165, 1.54) is 0 Å². The van der Waals surface area contributed by atoms with Crippen LogP contribution < -0.4 is 5.32 Å². The van der Waals surface area contributed by atoms with Gasteiger partial charge in [0.1, 0.15) is 0 Å². The molecule has 2 heteroatoms. The summed E-state index contributed by atoms with van der Waals surface area (Å²) < 4.78 is 0. The van der Waals surface area contributed by atoms with Crippen molar-refractivity contribution in [3.05, 3.63) is 0 Å². The lowest BCUT2D eigenvalue weighted by Crippen LogP contribution is -2.45. The maximum atomic E-state index is 11.6. The van der Waals surface area contributed by atoms with Gasteiger partial charge in [0.05, 0.1) is 5.54 Å². The van der Waals surface area contributed by atoms with E-state index in [2.05, 4.69) is 11.2 Å². The number of carbonyl (C=O) groups is 1. The van der Waals surface area contributed by atoms with Gasteiger partial charge >= 0.3 is 0 Å². The van der Waals surface area contributed by atoms with Gasteiger partial charge in [-0.2, -0.15) is 0 Å². The van der Waals surface area contributed by atoms with Crippen LogP contribution in [-0.4, -0.2) is 11.4 Å². The zero-order valence-electron chi connectivity index (χ0n) is 9.14. The number of carbonyl (C=O) groups excluding carboxylic acids is 1. The Bertz CT molecular complexity index is 223. The average molecular weight is 181 g/mol. The molecule has 1 amide bonds. The van der Waals surface area contributed by atoms with Gasteiger partial charge in [0.2, 0.25) is 5.91 Å². The molecule has 0 saturated heterocycles. The molecular formula is C11H19NO. The van der Waals surface area contributed by atoms with Crippen LogP contribution in [0.5, 0.6) is 0 Å². The van der Waals surface area contributed by atoms with Crippen molar-refractivity contribution < 1.29 is 4.79 Å².